The summed E-state index contributed by atoms with van der Waals surface area (Å²) in [4.78, 5) is 14.3. The molecule has 0 aliphatic carbocycles. The Hall–Kier alpha value is -5.69. The Kier molecular flexibility index (Phi) is 4.99. The van der Waals surface area contributed by atoms with Crippen LogP contribution in [-0.2, 0) is 0 Å². The van der Waals surface area contributed by atoms with E-state index in [1.54, 1.807) is 12.5 Å². The second kappa shape index (κ2) is 8.96. The van der Waals surface area contributed by atoms with Crippen molar-refractivity contribution in [2.45, 2.75) is 0 Å². The second-order valence-corrected chi connectivity index (χ2v) is 9.51. The van der Waals surface area contributed by atoms with Crippen LogP contribution in [0.1, 0.15) is 0 Å². The number of pyridine rings is 1. The number of hydrogen-bond acceptors (Lipinski definition) is 6. The average molecular weight is 517 g/mol. The molecule has 40 heavy (non-hydrogen) atoms. The summed E-state index contributed by atoms with van der Waals surface area (Å²) in [5.41, 5.74) is 7.00. The van der Waals surface area contributed by atoms with Crippen LogP contribution in [-0.4, -0.2) is 29.7 Å². The van der Waals surface area contributed by atoms with Gasteiger partial charge in [-0.15, -0.1) is 10.2 Å². The minimum atomic E-state index is 0.592. The predicted octanol–water partition coefficient (Wildman–Crippen LogP) is 7.51. The third kappa shape index (κ3) is 3.64. The topological polar surface area (TPSA) is 82.5 Å². The van der Waals surface area contributed by atoms with Gasteiger partial charge in [0, 0.05) is 39.2 Å². The molecule has 0 aliphatic rings. The normalized spacial score (nSPS) is 11.5. The highest BCUT2D eigenvalue weighted by atomic mass is 16.3. The van der Waals surface area contributed by atoms with Crippen molar-refractivity contribution in [2.24, 2.45) is 0 Å². The molecule has 8 aromatic rings. The summed E-state index contributed by atoms with van der Waals surface area (Å²) >= 11 is 0. The zero-order chi connectivity index (χ0) is 26.5. The molecule has 0 bridgehead atoms. The van der Waals surface area contributed by atoms with Gasteiger partial charge < -0.3 is 4.42 Å². The molecule has 4 aromatic heterocycles. The van der Waals surface area contributed by atoms with Crippen molar-refractivity contribution in [3.8, 4) is 39.9 Å². The number of rotatable bonds is 4. The standard InChI is InChI=1S/C33H20N6O/c1-2-8-23(9-3-1)39-20-35-38-33(39)22-14-16-30-26(19-22)25-18-21(13-15-29(25)40-30)31-24-10-4-5-11-27(24)36-32(37-31)28-12-6-7-17-34-28/h1-20H. The van der Waals surface area contributed by atoms with Crippen molar-refractivity contribution >= 4 is 32.8 Å². The third-order valence-electron chi connectivity index (χ3n) is 7.08. The van der Waals surface area contributed by atoms with Gasteiger partial charge >= 0.3 is 0 Å². The van der Waals surface area contributed by atoms with Crippen molar-refractivity contribution in [2.75, 3.05) is 0 Å². The number of fused-ring (bicyclic) bond motifs is 4. The number of hydrogen-bond donors (Lipinski definition) is 0. The second-order valence-electron chi connectivity index (χ2n) is 9.51. The largest absolute Gasteiger partial charge is 0.456 e. The Morgan fingerprint density at radius 2 is 1.38 bits per heavy atom. The van der Waals surface area contributed by atoms with Crippen LogP contribution in [0.2, 0.25) is 0 Å². The van der Waals surface area contributed by atoms with E-state index in [1.165, 1.54) is 0 Å². The van der Waals surface area contributed by atoms with E-state index in [9.17, 15) is 0 Å². The van der Waals surface area contributed by atoms with Gasteiger partial charge in [0.15, 0.2) is 11.6 Å². The molecule has 0 spiro atoms. The van der Waals surface area contributed by atoms with E-state index in [0.29, 0.717) is 5.82 Å². The molecule has 188 valence electrons. The zero-order valence-corrected chi connectivity index (χ0v) is 21.1. The van der Waals surface area contributed by atoms with Crippen LogP contribution < -0.4 is 0 Å². The average Bonchev–Trinajstić information content (AvgIpc) is 3.66. The van der Waals surface area contributed by atoms with E-state index < -0.39 is 0 Å². The fourth-order valence-corrected chi connectivity index (χ4v) is 5.18. The first-order valence-corrected chi connectivity index (χ1v) is 12.9. The van der Waals surface area contributed by atoms with E-state index >= 15 is 0 Å². The number of nitrogens with zero attached hydrogens (tertiary/aromatic N) is 6. The lowest BCUT2D eigenvalue weighted by Crippen LogP contribution is -1.96. The van der Waals surface area contributed by atoms with Crippen LogP contribution in [0.4, 0.5) is 0 Å². The molecular weight excluding hydrogens is 496 g/mol. The van der Waals surface area contributed by atoms with Gasteiger partial charge in [0.25, 0.3) is 0 Å². The van der Waals surface area contributed by atoms with Crippen molar-refractivity contribution in [3.63, 3.8) is 0 Å². The summed E-state index contributed by atoms with van der Waals surface area (Å²) in [6.45, 7) is 0. The molecule has 0 unspecified atom stereocenters. The lowest BCUT2D eigenvalue weighted by atomic mass is 10.0. The van der Waals surface area contributed by atoms with E-state index in [4.69, 9.17) is 14.4 Å². The fraction of sp³-hybridized carbons (Fsp3) is 0. The molecule has 0 amide bonds. The Morgan fingerprint density at radius 3 is 2.20 bits per heavy atom. The maximum Gasteiger partial charge on any atom is 0.179 e. The van der Waals surface area contributed by atoms with Gasteiger partial charge in [-0.2, -0.15) is 0 Å². The summed E-state index contributed by atoms with van der Waals surface area (Å²) in [5.74, 6) is 1.36. The van der Waals surface area contributed by atoms with Crippen molar-refractivity contribution < 1.29 is 4.42 Å². The fourth-order valence-electron chi connectivity index (χ4n) is 5.18. The van der Waals surface area contributed by atoms with Crippen LogP contribution >= 0.6 is 0 Å². The van der Waals surface area contributed by atoms with Crippen molar-refractivity contribution in [3.05, 3.63) is 122 Å². The highest BCUT2D eigenvalue weighted by molar-refractivity contribution is 6.08. The molecule has 0 atom stereocenters. The molecule has 7 heteroatoms. The number of aromatic nitrogens is 6. The predicted molar refractivity (Wildman–Crippen MR) is 156 cm³/mol. The van der Waals surface area contributed by atoms with Crippen molar-refractivity contribution in [1.29, 1.82) is 0 Å². The summed E-state index contributed by atoms with van der Waals surface area (Å²) in [5, 5.41) is 11.6. The summed E-state index contributed by atoms with van der Waals surface area (Å²) < 4.78 is 8.21. The lowest BCUT2D eigenvalue weighted by molar-refractivity contribution is 0.669. The minimum absolute atomic E-state index is 0.592. The molecule has 0 saturated heterocycles. The lowest BCUT2D eigenvalue weighted by Gasteiger charge is -2.09. The monoisotopic (exact) mass is 516 g/mol. The van der Waals surface area contributed by atoms with E-state index in [0.717, 1.165) is 66.9 Å². The first-order chi connectivity index (χ1) is 19.8. The minimum Gasteiger partial charge on any atom is -0.456 e. The van der Waals surface area contributed by atoms with Gasteiger partial charge in [-0.05, 0) is 66.7 Å². The molecular formula is C33H20N6O. The van der Waals surface area contributed by atoms with Gasteiger partial charge in [0.2, 0.25) is 0 Å². The van der Waals surface area contributed by atoms with Crippen LogP contribution in [0.25, 0.3) is 72.7 Å². The molecule has 0 fully saturated rings. The Balaban J connectivity index is 1.31. The number of para-hydroxylation sites is 2. The number of furan rings is 1. The van der Waals surface area contributed by atoms with Crippen LogP contribution in [0.15, 0.2) is 126 Å². The smallest absolute Gasteiger partial charge is 0.179 e. The molecule has 0 aliphatic heterocycles. The quantitative estimate of drug-likeness (QED) is 0.241. The third-order valence-corrected chi connectivity index (χ3v) is 7.08. The van der Waals surface area contributed by atoms with Crippen LogP contribution in [0.5, 0.6) is 0 Å². The van der Waals surface area contributed by atoms with Gasteiger partial charge in [-0.3, -0.25) is 9.55 Å². The first-order valence-electron chi connectivity index (χ1n) is 12.9. The summed E-state index contributed by atoms with van der Waals surface area (Å²) in [6.07, 6.45) is 3.49. The summed E-state index contributed by atoms with van der Waals surface area (Å²) in [6, 6.07) is 36.2. The van der Waals surface area contributed by atoms with Gasteiger partial charge in [-0.1, -0.05) is 42.5 Å². The summed E-state index contributed by atoms with van der Waals surface area (Å²) in [7, 11) is 0. The highest BCUT2D eigenvalue weighted by Gasteiger charge is 2.16. The molecule has 7 nitrogen and oxygen atoms in total. The molecule has 4 heterocycles. The molecule has 0 N–H and O–H groups in total. The van der Waals surface area contributed by atoms with E-state index in [-0.39, 0.29) is 0 Å². The Bertz CT molecular complexity index is 2170. The molecule has 8 rings (SSSR count). The van der Waals surface area contributed by atoms with E-state index in [2.05, 4.69) is 39.4 Å². The zero-order valence-electron chi connectivity index (χ0n) is 21.1. The van der Waals surface area contributed by atoms with Gasteiger partial charge in [-0.25, -0.2) is 9.97 Å². The van der Waals surface area contributed by atoms with Crippen LogP contribution in [0, 0.1) is 0 Å². The Morgan fingerprint density at radius 1 is 0.625 bits per heavy atom. The molecule has 4 aromatic carbocycles. The molecule has 0 radical (unpaired) electrons. The van der Waals surface area contributed by atoms with Crippen LogP contribution in [0.3, 0.4) is 0 Å². The molecule has 0 saturated carbocycles. The number of benzene rings is 4. The van der Waals surface area contributed by atoms with Crippen molar-refractivity contribution in [1.82, 2.24) is 29.7 Å². The van der Waals surface area contributed by atoms with Gasteiger partial charge in [0.1, 0.15) is 23.2 Å². The SMILES string of the molecule is c1ccc(-n2cnnc2-c2ccc3oc4ccc(-c5nc(-c6ccccn6)nc6ccccc56)cc4c3c2)cc1. The maximum atomic E-state index is 6.23. The first kappa shape index (κ1) is 22.3. The highest BCUT2D eigenvalue weighted by Crippen LogP contribution is 2.36. The van der Waals surface area contributed by atoms with Gasteiger partial charge in [0.05, 0.1) is 11.2 Å². The van der Waals surface area contributed by atoms with E-state index in [1.807, 2.05) is 89.5 Å². The Labute approximate surface area is 228 Å². The maximum absolute atomic E-state index is 6.23.